The molecule has 0 saturated carbocycles. The van der Waals surface area contributed by atoms with E-state index < -0.39 is 11.9 Å². The summed E-state index contributed by atoms with van der Waals surface area (Å²) >= 11 is 1.04. The second kappa shape index (κ2) is 6.67. The van der Waals surface area contributed by atoms with Gasteiger partial charge in [0.2, 0.25) is 0 Å². The van der Waals surface area contributed by atoms with Gasteiger partial charge in [0.15, 0.2) is 5.16 Å². The third-order valence-corrected chi connectivity index (χ3v) is 3.85. The fourth-order valence-corrected chi connectivity index (χ4v) is 2.54. The third-order valence-electron chi connectivity index (χ3n) is 3.30. The second-order valence-electron chi connectivity index (χ2n) is 4.91. The topological polar surface area (TPSA) is 56.5 Å². The molecule has 0 aliphatic rings. The molecule has 0 aliphatic carbocycles. The van der Waals surface area contributed by atoms with Gasteiger partial charge in [-0.15, -0.1) is 0 Å². The van der Waals surface area contributed by atoms with E-state index in [2.05, 4.69) is 26.6 Å². The third kappa shape index (κ3) is 3.55. The van der Waals surface area contributed by atoms with Crippen molar-refractivity contribution in [2.45, 2.75) is 11.3 Å². The molecule has 0 bridgehead atoms. The number of hydrogen-bond acceptors (Lipinski definition) is 5. The van der Waals surface area contributed by atoms with Crippen LogP contribution in [-0.4, -0.2) is 31.0 Å². The lowest BCUT2D eigenvalue weighted by Crippen LogP contribution is -2.10. The van der Waals surface area contributed by atoms with Crippen molar-refractivity contribution in [2.24, 2.45) is 0 Å². The highest BCUT2D eigenvalue weighted by Crippen LogP contribution is 2.33. The minimum atomic E-state index is -4.56. The maximum atomic E-state index is 13.1. The lowest BCUT2D eigenvalue weighted by atomic mass is 10.1. The van der Waals surface area contributed by atoms with Crippen LogP contribution in [0.2, 0.25) is 0 Å². The minimum Gasteiger partial charge on any atom is -0.262 e. The molecule has 0 N–H and O–H groups in total. The fourth-order valence-electron chi connectivity index (χ4n) is 2.16. The number of hydrogen-bond donors (Lipinski definition) is 0. The first-order valence-corrected chi connectivity index (χ1v) is 8.28. The molecule has 5 nitrogen and oxygen atoms in total. The number of thioether (sulfide) groups is 1. The van der Waals surface area contributed by atoms with Gasteiger partial charge in [0.25, 0.3) is 0 Å². The van der Waals surface area contributed by atoms with Gasteiger partial charge in [-0.05, 0) is 30.5 Å². The van der Waals surface area contributed by atoms with Crippen LogP contribution in [0, 0.1) is 0 Å². The van der Waals surface area contributed by atoms with Crippen molar-refractivity contribution in [3.05, 3.63) is 54.8 Å². The molecule has 0 atom stereocenters. The van der Waals surface area contributed by atoms with Gasteiger partial charge >= 0.3 is 6.18 Å². The maximum absolute atomic E-state index is 13.1. The first-order valence-electron chi connectivity index (χ1n) is 7.05. The molecule has 0 saturated heterocycles. The van der Waals surface area contributed by atoms with Crippen LogP contribution in [0.5, 0.6) is 0 Å². The Bertz CT molecular complexity index is 906. The van der Waals surface area contributed by atoms with Crippen molar-refractivity contribution >= 4 is 17.8 Å². The van der Waals surface area contributed by atoms with Crippen LogP contribution in [0.1, 0.15) is 11.4 Å². The Hall–Kier alpha value is -2.68. The van der Waals surface area contributed by atoms with Gasteiger partial charge in [0, 0.05) is 18.0 Å². The predicted molar refractivity (Wildman–Crippen MR) is 89.3 cm³/mol. The Balaban J connectivity index is 2.16. The van der Waals surface area contributed by atoms with E-state index in [-0.39, 0.29) is 10.9 Å². The monoisotopic (exact) mass is 363 g/mol. The molecule has 0 fully saturated rings. The molecule has 128 valence electrons. The number of nitrogens with zero attached hydrogens (tertiary/aromatic N) is 5. The van der Waals surface area contributed by atoms with Crippen LogP contribution in [0.15, 0.2) is 48.5 Å². The van der Waals surface area contributed by atoms with Crippen LogP contribution in [0.3, 0.4) is 0 Å². The Morgan fingerprint density at radius 1 is 1.28 bits per heavy atom. The van der Waals surface area contributed by atoms with E-state index in [1.54, 1.807) is 37.0 Å². The molecular weight excluding hydrogens is 351 g/mol. The molecule has 0 amide bonds. The van der Waals surface area contributed by atoms with E-state index in [4.69, 9.17) is 0 Å². The van der Waals surface area contributed by atoms with E-state index >= 15 is 0 Å². The molecule has 0 spiro atoms. The highest BCUT2D eigenvalue weighted by molar-refractivity contribution is 7.98. The summed E-state index contributed by atoms with van der Waals surface area (Å²) < 4.78 is 40.8. The van der Waals surface area contributed by atoms with Gasteiger partial charge in [-0.2, -0.15) is 18.3 Å². The van der Waals surface area contributed by atoms with Crippen molar-refractivity contribution in [3.8, 4) is 16.9 Å². The van der Waals surface area contributed by atoms with Crippen molar-refractivity contribution in [1.82, 2.24) is 24.7 Å². The minimum absolute atomic E-state index is 0.0361. The number of alkyl halides is 3. The van der Waals surface area contributed by atoms with Gasteiger partial charge in [-0.3, -0.25) is 4.98 Å². The standard InChI is InChI=1S/C16H12F3N5S/c1-3-12-11(9-24(23-12)10-5-4-6-20-8-10)13-7-14(16(17,18)19)22-15(21-13)25-2/h3-9H,1H2,2H3. The summed E-state index contributed by atoms with van der Waals surface area (Å²) in [6.07, 6.45) is 3.34. The number of pyridine rings is 1. The normalized spacial score (nSPS) is 11.5. The van der Waals surface area contributed by atoms with E-state index in [1.807, 2.05) is 0 Å². The maximum Gasteiger partial charge on any atom is 0.433 e. The molecule has 3 aromatic heterocycles. The quantitative estimate of drug-likeness (QED) is 0.516. The molecule has 25 heavy (non-hydrogen) atoms. The largest absolute Gasteiger partial charge is 0.433 e. The molecule has 0 unspecified atom stereocenters. The van der Waals surface area contributed by atoms with E-state index in [0.717, 1.165) is 17.8 Å². The summed E-state index contributed by atoms with van der Waals surface area (Å²) in [5, 5.41) is 4.37. The Morgan fingerprint density at radius 3 is 2.68 bits per heavy atom. The molecule has 0 aliphatic heterocycles. The Kier molecular flexibility index (Phi) is 4.58. The summed E-state index contributed by atoms with van der Waals surface area (Å²) in [7, 11) is 0. The van der Waals surface area contributed by atoms with Crippen LogP contribution in [-0.2, 0) is 6.18 Å². The highest BCUT2D eigenvalue weighted by Gasteiger charge is 2.34. The van der Waals surface area contributed by atoms with Crippen LogP contribution < -0.4 is 0 Å². The van der Waals surface area contributed by atoms with E-state index in [9.17, 15) is 13.2 Å². The average Bonchev–Trinajstić information content (AvgIpc) is 3.06. The van der Waals surface area contributed by atoms with Gasteiger partial charge < -0.3 is 0 Å². The molecular formula is C16H12F3N5S. The summed E-state index contributed by atoms with van der Waals surface area (Å²) in [5.74, 6) is 0. The zero-order valence-electron chi connectivity index (χ0n) is 13.0. The van der Waals surface area contributed by atoms with Crippen molar-refractivity contribution in [1.29, 1.82) is 0 Å². The first kappa shape index (κ1) is 17.2. The molecule has 3 aromatic rings. The van der Waals surface area contributed by atoms with E-state index in [1.165, 1.54) is 10.8 Å². The van der Waals surface area contributed by atoms with Crippen LogP contribution in [0.25, 0.3) is 23.0 Å². The predicted octanol–water partition coefficient (Wildman–Crippen LogP) is 4.11. The number of aromatic nitrogens is 5. The smallest absolute Gasteiger partial charge is 0.262 e. The summed E-state index contributed by atoms with van der Waals surface area (Å²) in [6.45, 7) is 3.68. The van der Waals surface area contributed by atoms with Crippen LogP contribution >= 0.6 is 11.8 Å². The molecule has 3 rings (SSSR count). The summed E-state index contributed by atoms with van der Waals surface area (Å²) in [5.41, 5.74) is 0.666. The Morgan fingerprint density at radius 2 is 2.08 bits per heavy atom. The molecule has 0 radical (unpaired) electrons. The van der Waals surface area contributed by atoms with Gasteiger partial charge in [-0.1, -0.05) is 18.3 Å². The number of halogens is 3. The van der Waals surface area contributed by atoms with Crippen molar-refractivity contribution < 1.29 is 13.2 Å². The van der Waals surface area contributed by atoms with E-state index in [0.29, 0.717) is 16.9 Å². The van der Waals surface area contributed by atoms with Gasteiger partial charge in [0.1, 0.15) is 5.69 Å². The first-order chi connectivity index (χ1) is 11.9. The lowest BCUT2D eigenvalue weighted by molar-refractivity contribution is -0.141. The summed E-state index contributed by atoms with van der Waals surface area (Å²) in [6, 6.07) is 4.44. The zero-order valence-corrected chi connectivity index (χ0v) is 13.8. The SMILES string of the molecule is C=Cc1nn(-c2cccnc2)cc1-c1cc(C(F)(F)F)nc(SC)n1. The molecule has 3 heterocycles. The zero-order chi connectivity index (χ0) is 18.0. The van der Waals surface area contributed by atoms with Gasteiger partial charge in [-0.25, -0.2) is 14.6 Å². The Labute approximate surface area is 145 Å². The summed E-state index contributed by atoms with van der Waals surface area (Å²) in [4.78, 5) is 11.7. The molecule has 9 heteroatoms. The van der Waals surface area contributed by atoms with Gasteiger partial charge in [0.05, 0.1) is 23.3 Å². The van der Waals surface area contributed by atoms with Crippen LogP contribution in [0.4, 0.5) is 13.2 Å². The van der Waals surface area contributed by atoms with Crippen molar-refractivity contribution in [3.63, 3.8) is 0 Å². The molecule has 0 aromatic carbocycles. The average molecular weight is 363 g/mol. The fraction of sp³-hybridized carbons (Fsp3) is 0.125. The lowest BCUT2D eigenvalue weighted by Gasteiger charge is -2.09. The number of rotatable bonds is 4. The second-order valence-corrected chi connectivity index (χ2v) is 5.68. The van der Waals surface area contributed by atoms with Crippen molar-refractivity contribution in [2.75, 3.05) is 6.26 Å². The highest BCUT2D eigenvalue weighted by atomic mass is 32.2.